The van der Waals surface area contributed by atoms with Crippen LogP contribution in [-0.2, 0) is 25.5 Å². The number of benzene rings is 3. The van der Waals surface area contributed by atoms with Crippen molar-refractivity contribution < 1.29 is 19.1 Å². The second-order valence-corrected chi connectivity index (χ2v) is 30.9. The molecule has 0 aliphatic carbocycles. The van der Waals surface area contributed by atoms with Crippen LogP contribution >= 0.6 is 68.8 Å². The number of hydrogen-bond donors (Lipinski definition) is 3. The molecule has 12 heterocycles. The van der Waals surface area contributed by atoms with E-state index in [4.69, 9.17) is 54.5 Å². The third kappa shape index (κ3) is 16.1. The number of nitrogens with zero attached hydrogens (tertiary/aromatic N) is 15. The number of aryl methyl sites for hydroxylation is 6. The Morgan fingerprint density at radius 1 is 0.500 bits per heavy atom. The van der Waals surface area contributed by atoms with Crippen LogP contribution in [0.2, 0.25) is 15.1 Å². The normalized spacial score (nSPS) is 16.4. The summed E-state index contributed by atoms with van der Waals surface area (Å²) >= 11 is 23.6. The smallest absolute Gasteiger partial charge is 0.222 e. The third-order valence-corrected chi connectivity index (χ3v) is 23.3. The minimum Gasteiger partial charge on any atom is -0.379 e. The Morgan fingerprint density at radius 3 is 1.25 bits per heavy atom. The molecular weight excluding hydrogens is 1430 g/mol. The molecule has 0 spiro atoms. The number of carbonyl (C=O) groups excluding carboxylic acids is 3. The molecule has 536 valence electrons. The van der Waals surface area contributed by atoms with Crippen molar-refractivity contribution in [3.05, 3.63) is 229 Å². The van der Waals surface area contributed by atoms with Crippen molar-refractivity contribution in [2.45, 2.75) is 119 Å². The van der Waals surface area contributed by atoms with Crippen molar-refractivity contribution in [3.8, 4) is 15.0 Å². The summed E-state index contributed by atoms with van der Waals surface area (Å²) < 4.78 is 11.6. The van der Waals surface area contributed by atoms with E-state index < -0.39 is 18.1 Å². The van der Waals surface area contributed by atoms with Gasteiger partial charge in [-0.3, -0.25) is 57.9 Å². The van der Waals surface area contributed by atoms with Gasteiger partial charge in [-0.1, -0.05) is 77.3 Å². The lowest BCUT2D eigenvalue weighted by atomic mass is 9.99. The summed E-state index contributed by atoms with van der Waals surface area (Å²) in [6.07, 6.45) is 10.2. The Hall–Kier alpha value is -9.05. The van der Waals surface area contributed by atoms with E-state index in [0.29, 0.717) is 58.6 Å². The molecule has 3 amide bonds. The number of pyridine rings is 1. The highest BCUT2D eigenvalue weighted by Crippen LogP contribution is 2.43. The van der Waals surface area contributed by atoms with Crippen molar-refractivity contribution >= 4 is 110 Å². The number of morpholine rings is 1. The summed E-state index contributed by atoms with van der Waals surface area (Å²) in [6, 6.07) is 25.6. The maximum Gasteiger partial charge on any atom is 0.222 e. The zero-order valence-corrected chi connectivity index (χ0v) is 63.9. The van der Waals surface area contributed by atoms with Crippen LogP contribution in [0.4, 0.5) is 0 Å². The lowest BCUT2D eigenvalue weighted by Crippen LogP contribution is -2.41. The SMILES string of the molecule is Cc1sc2c(c1C)C(c1ccc(Cl)cc1)=N[C@@H](CC(=O)NCCC1=CN=CC1)c1nnc(C)n1-2.Cc1sc2c(c1C)C(c1ccc(Cl)cc1)=N[C@@H](CC(=O)NCCN1CCOCC1)c1nnc(C)n1-2.Cc1sc2c(c1C)C(c1ccc(Cl)cc1)=N[C@@H](CC(=O)NCCc1cccnc1)c1nnc(C)n1-2. The van der Waals surface area contributed by atoms with Crippen molar-refractivity contribution in [3.63, 3.8) is 0 Å². The van der Waals surface area contributed by atoms with E-state index in [1.165, 1.54) is 36.9 Å². The first-order chi connectivity index (χ1) is 50.3. The predicted octanol–water partition coefficient (Wildman–Crippen LogP) is 13.6. The molecule has 3 N–H and O–H groups in total. The number of aliphatic imine (C=N–C) groups is 4. The summed E-state index contributed by atoms with van der Waals surface area (Å²) in [5.41, 5.74) is 14.4. The van der Waals surface area contributed by atoms with Crippen molar-refractivity contribution in [1.29, 1.82) is 0 Å². The number of nitrogens with one attached hydrogen (secondary N) is 3. The van der Waals surface area contributed by atoms with E-state index in [9.17, 15) is 14.4 Å². The van der Waals surface area contributed by atoms with E-state index in [-0.39, 0.29) is 37.0 Å². The number of carbonyl (C=O) groups is 3. The summed E-state index contributed by atoms with van der Waals surface area (Å²) in [5.74, 6) is 4.21. The van der Waals surface area contributed by atoms with Crippen LogP contribution in [0.5, 0.6) is 0 Å². The summed E-state index contributed by atoms with van der Waals surface area (Å²) in [7, 11) is 0. The fraction of sp³-hybridized carbons (Fsp3) is 0.342. The number of ether oxygens (including phenoxy) is 1. The molecule has 3 aromatic carbocycles. The maximum atomic E-state index is 13.0. The molecule has 28 heteroatoms. The summed E-state index contributed by atoms with van der Waals surface area (Å²) in [4.78, 5) is 68.5. The molecule has 22 nitrogen and oxygen atoms in total. The van der Waals surface area contributed by atoms with Crippen LogP contribution in [0.25, 0.3) is 15.0 Å². The molecule has 7 aromatic heterocycles. The second-order valence-electron chi connectivity index (χ2n) is 26.0. The Morgan fingerprint density at radius 2 is 0.885 bits per heavy atom. The highest BCUT2D eigenvalue weighted by molar-refractivity contribution is 7.15. The van der Waals surface area contributed by atoms with E-state index in [2.05, 4.69) is 117 Å². The maximum absolute atomic E-state index is 13.0. The van der Waals surface area contributed by atoms with Crippen LogP contribution in [0.1, 0.15) is 155 Å². The lowest BCUT2D eigenvalue weighted by Gasteiger charge is -2.26. The second kappa shape index (κ2) is 32.5. The van der Waals surface area contributed by atoms with Gasteiger partial charge in [0.25, 0.3) is 0 Å². The van der Waals surface area contributed by atoms with Gasteiger partial charge >= 0.3 is 0 Å². The van der Waals surface area contributed by atoms with Gasteiger partial charge in [0.2, 0.25) is 17.7 Å². The minimum atomic E-state index is -0.473. The van der Waals surface area contributed by atoms with E-state index in [1.54, 1.807) is 40.2 Å². The van der Waals surface area contributed by atoms with Crippen LogP contribution in [-0.4, -0.2) is 148 Å². The number of amides is 3. The van der Waals surface area contributed by atoms with Crippen molar-refractivity contribution in [2.75, 3.05) is 52.5 Å². The summed E-state index contributed by atoms with van der Waals surface area (Å²) in [5, 5.41) is 40.7. The Balaban J connectivity index is 0.000000139. The molecule has 3 atom stereocenters. The van der Waals surface area contributed by atoms with Gasteiger partial charge in [0, 0.05) is 134 Å². The molecule has 104 heavy (non-hydrogen) atoms. The molecule has 0 radical (unpaired) electrons. The van der Waals surface area contributed by atoms with Gasteiger partial charge in [-0.2, -0.15) is 0 Å². The monoisotopic (exact) mass is 1510 g/mol. The Labute approximate surface area is 630 Å². The van der Waals surface area contributed by atoms with E-state index in [1.807, 2.05) is 124 Å². The Bertz CT molecular complexity index is 5000. The fourth-order valence-corrected chi connectivity index (χ4v) is 17.1. The molecule has 5 aliphatic heterocycles. The number of rotatable bonds is 18. The molecule has 1 saturated heterocycles. The number of aromatic nitrogens is 10. The van der Waals surface area contributed by atoms with Crippen molar-refractivity contribution in [1.82, 2.24) is 70.1 Å². The van der Waals surface area contributed by atoms with Crippen LogP contribution in [0, 0.1) is 62.3 Å². The number of halogens is 3. The first kappa shape index (κ1) is 73.3. The van der Waals surface area contributed by atoms with Gasteiger partial charge in [0.15, 0.2) is 17.5 Å². The van der Waals surface area contributed by atoms with Gasteiger partial charge in [-0.15, -0.1) is 64.6 Å². The van der Waals surface area contributed by atoms with Gasteiger partial charge < -0.3 is 20.7 Å². The van der Waals surface area contributed by atoms with E-state index >= 15 is 0 Å². The third-order valence-electron chi connectivity index (χ3n) is 19.0. The molecule has 15 rings (SSSR count). The average Bonchev–Trinajstić information content (AvgIpc) is 1.61. The quantitative estimate of drug-likeness (QED) is 0.0725. The highest BCUT2D eigenvalue weighted by atomic mass is 35.5. The predicted molar refractivity (Wildman–Crippen MR) is 414 cm³/mol. The van der Waals surface area contributed by atoms with Crippen molar-refractivity contribution in [2.24, 2.45) is 20.0 Å². The molecule has 0 bridgehead atoms. The first-order valence-electron chi connectivity index (χ1n) is 34.5. The van der Waals surface area contributed by atoms with E-state index in [0.717, 1.165) is 134 Å². The topological polar surface area (TPSA) is 254 Å². The average molecular weight is 1510 g/mol. The number of hydrogen-bond acceptors (Lipinski definition) is 19. The molecule has 5 aliphatic rings. The highest BCUT2D eigenvalue weighted by Gasteiger charge is 2.36. The Kier molecular flexibility index (Phi) is 22.9. The largest absolute Gasteiger partial charge is 0.379 e. The van der Waals surface area contributed by atoms with Crippen LogP contribution < -0.4 is 16.0 Å². The van der Waals surface area contributed by atoms with Gasteiger partial charge in [0.05, 0.1) is 49.6 Å². The van der Waals surface area contributed by atoms with Crippen LogP contribution in [0.3, 0.4) is 0 Å². The summed E-state index contributed by atoms with van der Waals surface area (Å²) in [6.45, 7) is 24.3. The molecular formula is C76H79Cl3N18O4S3. The zero-order valence-electron chi connectivity index (χ0n) is 59.2. The zero-order chi connectivity index (χ0) is 72.9. The number of thiophene rings is 3. The van der Waals surface area contributed by atoms with Gasteiger partial charge in [-0.25, -0.2) is 0 Å². The standard InChI is InChI=1S/C26H25ClN6OS.C25H29ClN6O2S.C25H25ClN6OS/c1-15-16(2)35-26-23(15)24(19-6-8-20(27)9-7-19)30-21(25-32-31-17(3)33(25)26)13-22(34)29-12-10-18-5-4-11-28-14-18;1-15-16(2)35-25-22(15)23(18-4-6-19(26)7-5-18)28-20(24-30-29-17(3)32(24)25)14-21(33)27-8-9-31-10-12-34-13-11-31;1-14-15(2)34-25-22(14)23(18-4-6-19(26)7-5-18)29-20(24-31-30-16(3)32(24)25)12-21(33)28-11-9-17-8-10-27-13-17/h4-9,11,14,21H,10,12-13H2,1-3H3,(H,29,34);4-7,20H,8-14H2,1-3H3,(H,27,33);4-7,10,13,20H,8-9,11-12H2,1-3H3,(H,28,33)/t21-;2*20-/m000/s1. The number of fused-ring (bicyclic) bond motifs is 9. The first-order valence-corrected chi connectivity index (χ1v) is 38.1. The lowest BCUT2D eigenvalue weighted by molar-refractivity contribution is -0.122. The molecule has 0 saturated carbocycles. The molecule has 10 aromatic rings. The van der Waals surface area contributed by atoms with Gasteiger partial charge in [-0.05, 0) is 145 Å². The molecule has 0 unspecified atom stereocenters. The minimum absolute atomic E-state index is 0.0483. The van der Waals surface area contributed by atoms with Crippen LogP contribution in [0.15, 0.2) is 129 Å². The fourth-order valence-electron chi connectivity index (χ4n) is 13.1. The molecule has 1 fully saturated rings. The van der Waals surface area contributed by atoms with Gasteiger partial charge in [0.1, 0.15) is 50.6 Å².